The Morgan fingerprint density at radius 1 is 1.38 bits per heavy atom. The van der Waals surface area contributed by atoms with Crippen molar-refractivity contribution >= 4 is 15.7 Å². The first kappa shape index (κ1) is 13.6. The predicted molar refractivity (Wildman–Crippen MR) is 72.7 cm³/mol. The lowest BCUT2D eigenvalue weighted by Crippen LogP contribution is -2.22. The lowest BCUT2D eigenvalue weighted by molar-refractivity contribution is 0.425. The second-order valence-corrected chi connectivity index (χ2v) is 6.33. The SMILES string of the molecule is Cc1noc(-c2ccn3c(CNS(C)(=O)=O)nnc3c2)n1. The van der Waals surface area contributed by atoms with E-state index < -0.39 is 10.0 Å². The van der Waals surface area contributed by atoms with Crippen LogP contribution in [0.5, 0.6) is 0 Å². The summed E-state index contributed by atoms with van der Waals surface area (Å²) in [5.41, 5.74) is 1.28. The number of hydrogen-bond donors (Lipinski definition) is 1. The molecule has 0 aliphatic heterocycles. The fourth-order valence-corrected chi connectivity index (χ4v) is 2.20. The van der Waals surface area contributed by atoms with Gasteiger partial charge in [-0.15, -0.1) is 10.2 Å². The molecule has 3 heterocycles. The molecule has 9 nitrogen and oxygen atoms in total. The van der Waals surface area contributed by atoms with Crippen LogP contribution in [0.1, 0.15) is 11.6 Å². The lowest BCUT2D eigenvalue weighted by Gasteiger charge is -2.01. The minimum absolute atomic E-state index is 0.0685. The van der Waals surface area contributed by atoms with Crippen molar-refractivity contribution in [2.24, 2.45) is 0 Å². The molecule has 10 heteroatoms. The van der Waals surface area contributed by atoms with E-state index in [1.807, 2.05) is 0 Å². The van der Waals surface area contributed by atoms with E-state index in [4.69, 9.17) is 4.52 Å². The molecule has 3 aromatic heterocycles. The van der Waals surface area contributed by atoms with Crippen molar-refractivity contribution < 1.29 is 12.9 Å². The molecule has 3 aromatic rings. The van der Waals surface area contributed by atoms with Crippen LogP contribution in [0.3, 0.4) is 0 Å². The monoisotopic (exact) mass is 308 g/mol. The van der Waals surface area contributed by atoms with Crippen LogP contribution in [0.25, 0.3) is 17.1 Å². The predicted octanol–water partition coefficient (Wildman–Crippen LogP) is 0.137. The second kappa shape index (κ2) is 4.90. The van der Waals surface area contributed by atoms with E-state index in [9.17, 15) is 8.42 Å². The summed E-state index contributed by atoms with van der Waals surface area (Å²) in [6.07, 6.45) is 2.82. The standard InChI is InChI=1S/C11H12N6O3S/c1-7-13-11(20-16-7)8-3-4-17-9(5-8)14-15-10(17)6-12-21(2,18)19/h3-5,12H,6H2,1-2H3. The number of nitrogens with one attached hydrogen (secondary N) is 1. The molecule has 0 aliphatic carbocycles. The van der Waals surface area contributed by atoms with Crippen LogP contribution in [0, 0.1) is 6.92 Å². The number of pyridine rings is 1. The average Bonchev–Trinajstić information content (AvgIpc) is 3.01. The number of fused-ring (bicyclic) bond motifs is 1. The third-order valence-corrected chi connectivity index (χ3v) is 3.42. The molecular formula is C11H12N6O3S. The Hall–Kier alpha value is -2.33. The topological polar surface area (TPSA) is 115 Å². The summed E-state index contributed by atoms with van der Waals surface area (Å²) in [6, 6.07) is 3.51. The second-order valence-electron chi connectivity index (χ2n) is 4.50. The minimum Gasteiger partial charge on any atom is -0.334 e. The molecular weight excluding hydrogens is 296 g/mol. The van der Waals surface area contributed by atoms with Gasteiger partial charge in [-0.2, -0.15) is 4.98 Å². The summed E-state index contributed by atoms with van der Waals surface area (Å²) in [4.78, 5) is 4.14. The van der Waals surface area contributed by atoms with Crippen LogP contribution in [-0.2, 0) is 16.6 Å². The summed E-state index contributed by atoms with van der Waals surface area (Å²) < 4.78 is 31.4. The maximum Gasteiger partial charge on any atom is 0.258 e. The van der Waals surface area contributed by atoms with E-state index in [0.717, 1.165) is 11.8 Å². The zero-order valence-electron chi connectivity index (χ0n) is 11.3. The molecule has 1 N–H and O–H groups in total. The van der Waals surface area contributed by atoms with Gasteiger partial charge >= 0.3 is 0 Å². The number of nitrogens with zero attached hydrogens (tertiary/aromatic N) is 5. The molecule has 0 bridgehead atoms. The first-order valence-electron chi connectivity index (χ1n) is 6.01. The first-order valence-corrected chi connectivity index (χ1v) is 7.90. The summed E-state index contributed by atoms with van der Waals surface area (Å²) in [5.74, 6) is 1.43. The van der Waals surface area contributed by atoms with Crippen molar-refractivity contribution in [2.45, 2.75) is 13.5 Å². The van der Waals surface area contributed by atoms with E-state index in [-0.39, 0.29) is 6.54 Å². The smallest absolute Gasteiger partial charge is 0.258 e. The van der Waals surface area contributed by atoms with Crippen molar-refractivity contribution in [2.75, 3.05) is 6.26 Å². The number of sulfonamides is 1. The summed E-state index contributed by atoms with van der Waals surface area (Å²) in [5, 5.41) is 11.7. The summed E-state index contributed by atoms with van der Waals surface area (Å²) in [6.45, 7) is 1.80. The lowest BCUT2D eigenvalue weighted by atomic mass is 10.2. The molecule has 0 unspecified atom stereocenters. The summed E-state index contributed by atoms with van der Waals surface area (Å²) >= 11 is 0. The van der Waals surface area contributed by atoms with Gasteiger partial charge in [0, 0.05) is 11.8 Å². The maximum atomic E-state index is 11.1. The molecule has 0 aliphatic rings. The number of hydrogen-bond acceptors (Lipinski definition) is 7. The van der Waals surface area contributed by atoms with E-state index in [1.54, 1.807) is 29.7 Å². The maximum absolute atomic E-state index is 11.1. The van der Waals surface area contributed by atoms with Gasteiger partial charge < -0.3 is 4.52 Å². The highest BCUT2D eigenvalue weighted by Crippen LogP contribution is 2.18. The molecule has 110 valence electrons. The third kappa shape index (κ3) is 2.90. The molecule has 0 radical (unpaired) electrons. The molecule has 0 saturated carbocycles. The highest BCUT2D eigenvalue weighted by molar-refractivity contribution is 7.88. The van der Waals surface area contributed by atoms with Crippen LogP contribution in [-0.4, -0.2) is 39.4 Å². The van der Waals surface area contributed by atoms with Crippen LogP contribution < -0.4 is 4.72 Å². The fourth-order valence-electron chi connectivity index (χ4n) is 1.80. The van der Waals surface area contributed by atoms with Gasteiger partial charge in [-0.1, -0.05) is 5.16 Å². The molecule has 3 rings (SSSR count). The van der Waals surface area contributed by atoms with Crippen molar-refractivity contribution in [3.05, 3.63) is 30.0 Å². The average molecular weight is 308 g/mol. The zero-order valence-corrected chi connectivity index (χ0v) is 12.1. The van der Waals surface area contributed by atoms with Crippen molar-refractivity contribution in [3.63, 3.8) is 0 Å². The Morgan fingerprint density at radius 2 is 2.19 bits per heavy atom. The van der Waals surface area contributed by atoms with Crippen LogP contribution in [0.4, 0.5) is 0 Å². The first-order chi connectivity index (χ1) is 9.92. The van der Waals surface area contributed by atoms with Crippen molar-refractivity contribution in [1.82, 2.24) is 29.5 Å². The molecule has 0 saturated heterocycles. The van der Waals surface area contributed by atoms with Gasteiger partial charge in [0.2, 0.25) is 10.0 Å². The van der Waals surface area contributed by atoms with E-state index in [0.29, 0.717) is 23.2 Å². The number of aryl methyl sites for hydroxylation is 1. The molecule has 0 atom stereocenters. The van der Waals surface area contributed by atoms with Crippen LogP contribution in [0.15, 0.2) is 22.9 Å². The van der Waals surface area contributed by atoms with Crippen molar-refractivity contribution in [1.29, 1.82) is 0 Å². The Bertz CT molecular complexity index is 898. The van der Waals surface area contributed by atoms with Gasteiger partial charge in [-0.3, -0.25) is 4.40 Å². The fraction of sp³-hybridized carbons (Fsp3) is 0.273. The van der Waals surface area contributed by atoms with E-state index in [2.05, 4.69) is 25.1 Å². The molecule has 0 spiro atoms. The van der Waals surface area contributed by atoms with Gasteiger partial charge in [-0.05, 0) is 19.1 Å². The summed E-state index contributed by atoms with van der Waals surface area (Å²) in [7, 11) is -3.28. The zero-order chi connectivity index (χ0) is 15.0. The normalized spacial score (nSPS) is 12.1. The van der Waals surface area contributed by atoms with Gasteiger partial charge in [0.1, 0.15) is 0 Å². The minimum atomic E-state index is -3.28. The number of aromatic nitrogens is 5. The highest BCUT2D eigenvalue weighted by atomic mass is 32.2. The van der Waals surface area contributed by atoms with Crippen molar-refractivity contribution in [3.8, 4) is 11.5 Å². The number of rotatable bonds is 4. The Balaban J connectivity index is 1.94. The van der Waals surface area contributed by atoms with Gasteiger partial charge in [-0.25, -0.2) is 13.1 Å². The van der Waals surface area contributed by atoms with E-state index in [1.165, 1.54) is 0 Å². The molecule has 21 heavy (non-hydrogen) atoms. The molecule has 0 aromatic carbocycles. The third-order valence-electron chi connectivity index (χ3n) is 2.75. The van der Waals surface area contributed by atoms with Crippen LogP contribution >= 0.6 is 0 Å². The van der Waals surface area contributed by atoms with Gasteiger partial charge in [0.05, 0.1) is 12.8 Å². The van der Waals surface area contributed by atoms with E-state index >= 15 is 0 Å². The Morgan fingerprint density at radius 3 is 2.86 bits per heavy atom. The Kier molecular flexibility index (Phi) is 3.18. The highest BCUT2D eigenvalue weighted by Gasteiger charge is 2.11. The molecule has 0 fully saturated rings. The van der Waals surface area contributed by atoms with Gasteiger partial charge in [0.25, 0.3) is 5.89 Å². The Labute approximate surface area is 120 Å². The van der Waals surface area contributed by atoms with Crippen LogP contribution in [0.2, 0.25) is 0 Å². The molecule has 0 amide bonds. The quantitative estimate of drug-likeness (QED) is 0.728. The largest absolute Gasteiger partial charge is 0.334 e. The van der Waals surface area contributed by atoms with Gasteiger partial charge in [0.15, 0.2) is 17.3 Å².